The Morgan fingerprint density at radius 3 is 2.65 bits per heavy atom. The number of nitrogens with zero attached hydrogens (tertiary/aromatic N) is 3. The molecule has 2 heterocycles. The van der Waals surface area contributed by atoms with E-state index in [1.54, 1.807) is 0 Å². The third kappa shape index (κ3) is 2.50. The van der Waals surface area contributed by atoms with E-state index in [9.17, 15) is 0 Å². The van der Waals surface area contributed by atoms with Crippen molar-refractivity contribution in [3.05, 3.63) is 59.8 Å². The molecule has 0 bridgehead atoms. The van der Waals surface area contributed by atoms with E-state index in [-0.39, 0.29) is 0 Å². The molecule has 102 valence electrons. The van der Waals surface area contributed by atoms with Crippen molar-refractivity contribution in [3.63, 3.8) is 0 Å². The topological polar surface area (TPSA) is 42.2 Å². The lowest BCUT2D eigenvalue weighted by molar-refractivity contribution is 0.794. The van der Waals surface area contributed by atoms with E-state index < -0.39 is 0 Å². The lowest BCUT2D eigenvalue weighted by Gasteiger charge is -2.11. The number of aromatic nitrogens is 3. The molecule has 1 aromatic carbocycles. The molecule has 0 saturated heterocycles. The Morgan fingerprint density at radius 2 is 1.90 bits per heavy atom. The number of hydrogen-bond acceptors (Lipinski definition) is 3. The van der Waals surface area contributed by atoms with Crippen LogP contribution in [0.15, 0.2) is 48.5 Å². The normalized spacial score (nSPS) is 12.5. The standard InChI is InChI=1S/C16H18N4/c1-12(14-8-4-3-5-9-14)11-17-16-18-15-10-6-7-13(2)20(15)19-16/h3-10,12H,11H2,1-2H3,(H,17,19). The molecule has 0 aliphatic carbocycles. The molecule has 0 spiro atoms. The highest BCUT2D eigenvalue weighted by Gasteiger charge is 2.08. The zero-order valence-corrected chi connectivity index (χ0v) is 11.7. The van der Waals surface area contributed by atoms with Crippen LogP contribution in [0.1, 0.15) is 24.1 Å². The molecule has 0 radical (unpaired) electrons. The third-order valence-electron chi connectivity index (χ3n) is 3.48. The minimum absolute atomic E-state index is 0.420. The highest BCUT2D eigenvalue weighted by molar-refractivity contribution is 5.44. The molecule has 4 heteroatoms. The number of nitrogens with one attached hydrogen (secondary N) is 1. The van der Waals surface area contributed by atoms with Crippen molar-refractivity contribution in [2.75, 3.05) is 11.9 Å². The first-order chi connectivity index (χ1) is 9.74. The Labute approximate surface area is 118 Å². The zero-order chi connectivity index (χ0) is 13.9. The summed E-state index contributed by atoms with van der Waals surface area (Å²) >= 11 is 0. The third-order valence-corrected chi connectivity index (χ3v) is 3.48. The molecule has 1 unspecified atom stereocenters. The van der Waals surface area contributed by atoms with Gasteiger partial charge in [-0.05, 0) is 30.5 Å². The van der Waals surface area contributed by atoms with E-state index in [0.29, 0.717) is 11.9 Å². The molecule has 0 aliphatic heterocycles. The molecule has 3 rings (SSSR count). The Balaban J connectivity index is 1.72. The highest BCUT2D eigenvalue weighted by Crippen LogP contribution is 2.15. The smallest absolute Gasteiger partial charge is 0.243 e. The predicted molar refractivity (Wildman–Crippen MR) is 81.1 cm³/mol. The minimum atomic E-state index is 0.420. The molecule has 0 saturated carbocycles. The van der Waals surface area contributed by atoms with Crippen molar-refractivity contribution in [1.29, 1.82) is 0 Å². The number of benzene rings is 1. The fourth-order valence-electron chi connectivity index (χ4n) is 2.25. The Hall–Kier alpha value is -2.36. The van der Waals surface area contributed by atoms with Crippen LogP contribution in [0.2, 0.25) is 0 Å². The molecule has 1 atom stereocenters. The molecular formula is C16H18N4. The molecule has 1 N–H and O–H groups in total. The van der Waals surface area contributed by atoms with Gasteiger partial charge in [0.25, 0.3) is 0 Å². The lowest BCUT2D eigenvalue weighted by atomic mass is 10.0. The van der Waals surface area contributed by atoms with Crippen molar-refractivity contribution in [3.8, 4) is 0 Å². The number of anilines is 1. The van der Waals surface area contributed by atoms with Gasteiger partial charge >= 0.3 is 0 Å². The van der Waals surface area contributed by atoms with Gasteiger partial charge in [0.2, 0.25) is 5.95 Å². The zero-order valence-electron chi connectivity index (χ0n) is 11.7. The van der Waals surface area contributed by atoms with Gasteiger partial charge < -0.3 is 5.32 Å². The van der Waals surface area contributed by atoms with Gasteiger partial charge in [0, 0.05) is 12.2 Å². The van der Waals surface area contributed by atoms with Gasteiger partial charge in [-0.25, -0.2) is 4.52 Å². The van der Waals surface area contributed by atoms with Gasteiger partial charge in [0.1, 0.15) is 0 Å². The lowest BCUT2D eigenvalue weighted by Crippen LogP contribution is -2.10. The summed E-state index contributed by atoms with van der Waals surface area (Å²) in [7, 11) is 0. The van der Waals surface area contributed by atoms with E-state index in [2.05, 4.69) is 46.6 Å². The summed E-state index contributed by atoms with van der Waals surface area (Å²) in [5.41, 5.74) is 3.28. The number of fused-ring (bicyclic) bond motifs is 1. The van der Waals surface area contributed by atoms with Crippen LogP contribution in [0.5, 0.6) is 0 Å². The second kappa shape index (κ2) is 5.33. The Bertz CT molecular complexity index is 703. The SMILES string of the molecule is Cc1cccc2nc(NCC(C)c3ccccc3)nn12. The molecule has 2 aromatic heterocycles. The number of pyridine rings is 1. The molecule has 0 fully saturated rings. The van der Waals surface area contributed by atoms with Crippen molar-refractivity contribution in [1.82, 2.24) is 14.6 Å². The first-order valence-electron chi connectivity index (χ1n) is 6.85. The van der Waals surface area contributed by atoms with Gasteiger partial charge in [-0.2, -0.15) is 4.98 Å². The predicted octanol–water partition coefficient (Wildman–Crippen LogP) is 3.25. The molecule has 3 aromatic rings. The van der Waals surface area contributed by atoms with Crippen molar-refractivity contribution >= 4 is 11.6 Å². The van der Waals surface area contributed by atoms with Gasteiger partial charge in [-0.15, -0.1) is 5.10 Å². The van der Waals surface area contributed by atoms with Crippen molar-refractivity contribution < 1.29 is 0 Å². The molecule has 0 aliphatic rings. The highest BCUT2D eigenvalue weighted by atomic mass is 15.3. The van der Waals surface area contributed by atoms with Crippen LogP contribution in [0.4, 0.5) is 5.95 Å². The van der Waals surface area contributed by atoms with Crippen LogP contribution >= 0.6 is 0 Å². The maximum absolute atomic E-state index is 4.48. The maximum atomic E-state index is 4.48. The summed E-state index contributed by atoms with van der Waals surface area (Å²) < 4.78 is 1.86. The summed E-state index contributed by atoms with van der Waals surface area (Å²) in [6.45, 7) is 5.04. The number of hydrogen-bond donors (Lipinski definition) is 1. The average molecular weight is 266 g/mol. The molecule has 20 heavy (non-hydrogen) atoms. The summed E-state index contributed by atoms with van der Waals surface area (Å²) in [6, 6.07) is 16.5. The van der Waals surface area contributed by atoms with Crippen molar-refractivity contribution in [2.24, 2.45) is 0 Å². The molecule has 0 amide bonds. The van der Waals surface area contributed by atoms with E-state index in [1.807, 2.05) is 35.7 Å². The van der Waals surface area contributed by atoms with Crippen LogP contribution in [-0.2, 0) is 0 Å². The van der Waals surface area contributed by atoms with E-state index in [0.717, 1.165) is 17.9 Å². The Morgan fingerprint density at radius 1 is 1.10 bits per heavy atom. The van der Waals surface area contributed by atoms with Gasteiger partial charge in [0.15, 0.2) is 5.65 Å². The second-order valence-electron chi connectivity index (χ2n) is 5.07. The minimum Gasteiger partial charge on any atom is -0.352 e. The molecular weight excluding hydrogens is 248 g/mol. The average Bonchev–Trinajstić information content (AvgIpc) is 2.90. The first-order valence-corrected chi connectivity index (χ1v) is 6.85. The monoisotopic (exact) mass is 266 g/mol. The van der Waals surface area contributed by atoms with E-state index >= 15 is 0 Å². The first kappa shape index (κ1) is 12.7. The van der Waals surface area contributed by atoms with E-state index in [4.69, 9.17) is 0 Å². The van der Waals surface area contributed by atoms with E-state index in [1.165, 1.54) is 5.56 Å². The number of aryl methyl sites for hydroxylation is 1. The largest absolute Gasteiger partial charge is 0.352 e. The fourth-order valence-corrected chi connectivity index (χ4v) is 2.25. The van der Waals surface area contributed by atoms with Crippen LogP contribution in [0.3, 0.4) is 0 Å². The number of rotatable bonds is 4. The van der Waals surface area contributed by atoms with Crippen molar-refractivity contribution in [2.45, 2.75) is 19.8 Å². The Kier molecular flexibility index (Phi) is 3.37. The maximum Gasteiger partial charge on any atom is 0.243 e. The van der Waals surface area contributed by atoms with Gasteiger partial charge in [-0.3, -0.25) is 0 Å². The fraction of sp³-hybridized carbons (Fsp3) is 0.250. The van der Waals surface area contributed by atoms with Crippen LogP contribution in [-0.4, -0.2) is 21.1 Å². The van der Waals surface area contributed by atoms with Gasteiger partial charge in [0.05, 0.1) is 0 Å². The molecule has 4 nitrogen and oxygen atoms in total. The second-order valence-corrected chi connectivity index (χ2v) is 5.07. The quantitative estimate of drug-likeness (QED) is 0.788. The van der Waals surface area contributed by atoms with Crippen LogP contribution in [0, 0.1) is 6.92 Å². The summed E-state index contributed by atoms with van der Waals surface area (Å²) in [6.07, 6.45) is 0. The summed E-state index contributed by atoms with van der Waals surface area (Å²) in [4.78, 5) is 4.48. The van der Waals surface area contributed by atoms with Gasteiger partial charge in [-0.1, -0.05) is 43.3 Å². The summed E-state index contributed by atoms with van der Waals surface area (Å²) in [5, 5.41) is 7.79. The van der Waals surface area contributed by atoms with Crippen LogP contribution < -0.4 is 5.32 Å². The summed E-state index contributed by atoms with van der Waals surface area (Å²) in [5.74, 6) is 1.10. The van der Waals surface area contributed by atoms with Crippen LogP contribution in [0.25, 0.3) is 5.65 Å².